The van der Waals surface area contributed by atoms with Crippen molar-refractivity contribution in [3.63, 3.8) is 0 Å². The first kappa shape index (κ1) is 15.7. The molecule has 0 saturated carbocycles. The summed E-state index contributed by atoms with van der Waals surface area (Å²) in [6.45, 7) is -2.29. The lowest BCUT2D eigenvalue weighted by Gasteiger charge is -2.29. The van der Waals surface area contributed by atoms with Gasteiger partial charge >= 0.3 is 6.61 Å². The van der Waals surface area contributed by atoms with Crippen LogP contribution in [0.25, 0.3) is 0 Å². The fourth-order valence-electron chi connectivity index (χ4n) is 2.12. The van der Waals surface area contributed by atoms with Gasteiger partial charge in [-0.15, -0.1) is 12.4 Å². The zero-order valence-corrected chi connectivity index (χ0v) is 11.0. The summed E-state index contributed by atoms with van der Waals surface area (Å²) < 4.78 is 28.6. The Kier molecular flexibility index (Phi) is 5.50. The van der Waals surface area contributed by atoms with Crippen LogP contribution >= 0.6 is 12.4 Å². The first-order valence-corrected chi connectivity index (χ1v) is 5.70. The van der Waals surface area contributed by atoms with Crippen molar-refractivity contribution in [3.05, 3.63) is 23.8 Å². The molecular formula is C12H15ClF2N2O2. The van der Waals surface area contributed by atoms with Crippen LogP contribution in [0.4, 0.5) is 14.5 Å². The van der Waals surface area contributed by atoms with Gasteiger partial charge in [0.25, 0.3) is 0 Å². The van der Waals surface area contributed by atoms with Crippen molar-refractivity contribution in [3.8, 4) is 5.75 Å². The number of benzene rings is 1. The zero-order valence-electron chi connectivity index (χ0n) is 10.1. The summed E-state index contributed by atoms with van der Waals surface area (Å²) in [5.41, 5.74) is 6.91. The van der Waals surface area contributed by atoms with Gasteiger partial charge in [0.1, 0.15) is 5.75 Å². The third-order valence-electron chi connectivity index (χ3n) is 2.87. The van der Waals surface area contributed by atoms with Crippen molar-refractivity contribution in [2.75, 3.05) is 18.0 Å². The molecule has 1 amide bonds. The highest BCUT2D eigenvalue weighted by Crippen LogP contribution is 2.31. The van der Waals surface area contributed by atoms with E-state index in [2.05, 4.69) is 4.74 Å². The molecule has 1 aromatic carbocycles. The predicted octanol–water partition coefficient (Wildman–Crippen LogP) is 1.95. The molecule has 0 aromatic heterocycles. The number of ether oxygens (including phenoxy) is 1. The molecule has 0 fully saturated rings. The van der Waals surface area contributed by atoms with Crippen LogP contribution in [0.5, 0.6) is 5.75 Å². The molecule has 1 aromatic rings. The molecule has 106 valence electrons. The molecule has 1 aliphatic rings. The maximum Gasteiger partial charge on any atom is 0.387 e. The third-order valence-corrected chi connectivity index (χ3v) is 2.87. The van der Waals surface area contributed by atoms with Gasteiger partial charge in [-0.2, -0.15) is 8.78 Å². The first-order chi connectivity index (χ1) is 8.61. The Morgan fingerprint density at radius 3 is 2.84 bits per heavy atom. The maximum atomic E-state index is 12.1. The van der Waals surface area contributed by atoms with E-state index in [1.807, 2.05) is 0 Å². The van der Waals surface area contributed by atoms with Crippen LogP contribution in [0.1, 0.15) is 12.0 Å². The Labute approximate surface area is 115 Å². The fourth-order valence-corrected chi connectivity index (χ4v) is 2.12. The lowest BCUT2D eigenvalue weighted by molar-refractivity contribution is -0.117. The Balaban J connectivity index is 0.00000180. The topological polar surface area (TPSA) is 55.6 Å². The van der Waals surface area contributed by atoms with E-state index < -0.39 is 6.61 Å². The van der Waals surface area contributed by atoms with Crippen LogP contribution in [0.2, 0.25) is 0 Å². The van der Waals surface area contributed by atoms with Crippen molar-refractivity contribution in [1.29, 1.82) is 0 Å². The van der Waals surface area contributed by atoms with E-state index in [0.717, 1.165) is 24.1 Å². The highest BCUT2D eigenvalue weighted by molar-refractivity contribution is 5.95. The number of hydrogen-bond acceptors (Lipinski definition) is 3. The van der Waals surface area contributed by atoms with Gasteiger partial charge in [-0.25, -0.2) is 0 Å². The fraction of sp³-hybridized carbons (Fsp3) is 0.417. The molecule has 1 heterocycles. The minimum atomic E-state index is -2.84. The molecule has 0 saturated heterocycles. The second-order valence-electron chi connectivity index (χ2n) is 4.02. The first-order valence-electron chi connectivity index (χ1n) is 5.70. The lowest BCUT2D eigenvalue weighted by atomic mass is 10.0. The Morgan fingerprint density at radius 1 is 1.47 bits per heavy atom. The Bertz CT molecular complexity index is 457. The molecule has 19 heavy (non-hydrogen) atoms. The summed E-state index contributed by atoms with van der Waals surface area (Å²) in [6.07, 6.45) is 1.53. The van der Waals surface area contributed by atoms with Crippen LogP contribution in [0.3, 0.4) is 0 Å². The third kappa shape index (κ3) is 3.54. The molecule has 0 spiro atoms. The van der Waals surface area contributed by atoms with E-state index in [1.54, 1.807) is 17.0 Å². The van der Waals surface area contributed by atoms with Crippen LogP contribution in [0.15, 0.2) is 18.2 Å². The number of alkyl halides is 2. The zero-order chi connectivity index (χ0) is 13.1. The summed E-state index contributed by atoms with van der Waals surface area (Å²) >= 11 is 0. The second kappa shape index (κ2) is 6.68. The van der Waals surface area contributed by atoms with E-state index >= 15 is 0 Å². The summed E-state index contributed by atoms with van der Waals surface area (Å²) in [4.78, 5) is 13.2. The molecule has 2 N–H and O–H groups in total. The van der Waals surface area contributed by atoms with Crippen molar-refractivity contribution >= 4 is 24.0 Å². The molecule has 0 unspecified atom stereocenters. The number of aryl methyl sites for hydroxylation is 1. The van der Waals surface area contributed by atoms with Gasteiger partial charge in [0.15, 0.2) is 0 Å². The molecule has 0 aliphatic carbocycles. The number of halogens is 3. The number of amides is 1. The van der Waals surface area contributed by atoms with E-state index in [4.69, 9.17) is 5.73 Å². The molecular weight excluding hydrogens is 278 g/mol. The van der Waals surface area contributed by atoms with Crippen molar-refractivity contribution < 1.29 is 18.3 Å². The molecule has 0 bridgehead atoms. The highest BCUT2D eigenvalue weighted by atomic mass is 35.5. The van der Waals surface area contributed by atoms with Gasteiger partial charge in [-0.05, 0) is 36.6 Å². The molecule has 0 atom stereocenters. The highest BCUT2D eigenvalue weighted by Gasteiger charge is 2.22. The van der Waals surface area contributed by atoms with Crippen LogP contribution in [-0.2, 0) is 11.2 Å². The van der Waals surface area contributed by atoms with Crippen molar-refractivity contribution in [2.45, 2.75) is 19.5 Å². The van der Waals surface area contributed by atoms with E-state index in [0.29, 0.717) is 6.54 Å². The van der Waals surface area contributed by atoms with E-state index in [9.17, 15) is 13.6 Å². The SMILES string of the molecule is Cl.NCC(=O)N1CCCc2cc(OC(F)F)ccc21. The largest absolute Gasteiger partial charge is 0.435 e. The Hall–Kier alpha value is -1.40. The van der Waals surface area contributed by atoms with E-state index in [1.165, 1.54) is 6.07 Å². The van der Waals surface area contributed by atoms with Crippen molar-refractivity contribution in [2.24, 2.45) is 5.73 Å². The number of carbonyl (C=O) groups excluding carboxylic acids is 1. The number of rotatable bonds is 3. The number of nitrogens with two attached hydrogens (primary N) is 1. The maximum absolute atomic E-state index is 12.1. The van der Waals surface area contributed by atoms with Crippen LogP contribution in [0, 0.1) is 0 Å². The summed E-state index contributed by atoms with van der Waals surface area (Å²) in [5.74, 6) is -0.0516. The molecule has 4 nitrogen and oxygen atoms in total. The summed E-state index contributed by atoms with van der Waals surface area (Å²) in [6, 6.07) is 4.62. The smallest absolute Gasteiger partial charge is 0.387 e. The minimum absolute atomic E-state index is 0. The number of hydrogen-bond donors (Lipinski definition) is 1. The quantitative estimate of drug-likeness (QED) is 0.926. The Morgan fingerprint density at radius 2 is 2.21 bits per heavy atom. The van der Waals surface area contributed by atoms with Gasteiger partial charge in [-0.1, -0.05) is 0 Å². The monoisotopic (exact) mass is 292 g/mol. The van der Waals surface area contributed by atoms with Crippen LogP contribution < -0.4 is 15.4 Å². The van der Waals surface area contributed by atoms with Gasteiger partial charge in [0, 0.05) is 12.2 Å². The molecule has 1 aliphatic heterocycles. The summed E-state index contributed by atoms with van der Waals surface area (Å²) in [5, 5.41) is 0. The number of carbonyl (C=O) groups is 1. The number of nitrogens with zero attached hydrogens (tertiary/aromatic N) is 1. The lowest BCUT2D eigenvalue weighted by Crippen LogP contribution is -2.39. The second-order valence-corrected chi connectivity index (χ2v) is 4.02. The van der Waals surface area contributed by atoms with Gasteiger partial charge < -0.3 is 15.4 Å². The average molecular weight is 293 g/mol. The predicted molar refractivity (Wildman–Crippen MR) is 70.1 cm³/mol. The van der Waals surface area contributed by atoms with Gasteiger partial charge in [0.2, 0.25) is 5.91 Å². The molecule has 2 rings (SSSR count). The van der Waals surface area contributed by atoms with E-state index in [-0.39, 0.29) is 30.6 Å². The number of anilines is 1. The number of fused-ring (bicyclic) bond motifs is 1. The van der Waals surface area contributed by atoms with Gasteiger partial charge in [-0.3, -0.25) is 4.79 Å². The normalized spacial score (nSPS) is 13.8. The standard InChI is InChI=1S/C12H14F2N2O2.ClH/c13-12(14)18-9-3-4-10-8(6-9)2-1-5-16(10)11(17)7-15;/h3-4,6,12H,1-2,5,7,15H2;1H. The molecule has 7 heteroatoms. The van der Waals surface area contributed by atoms with Gasteiger partial charge in [0.05, 0.1) is 6.54 Å². The summed E-state index contributed by atoms with van der Waals surface area (Å²) in [7, 11) is 0. The minimum Gasteiger partial charge on any atom is -0.435 e. The average Bonchev–Trinajstić information content (AvgIpc) is 2.36. The molecule has 0 radical (unpaired) electrons. The van der Waals surface area contributed by atoms with Crippen molar-refractivity contribution in [1.82, 2.24) is 0 Å². The van der Waals surface area contributed by atoms with Crippen LogP contribution in [-0.4, -0.2) is 25.6 Å².